The van der Waals surface area contributed by atoms with E-state index < -0.39 is 0 Å². The van der Waals surface area contributed by atoms with Crippen LogP contribution < -0.4 is 5.32 Å². The minimum absolute atomic E-state index is 0.493. The number of aromatic nitrogens is 1. The van der Waals surface area contributed by atoms with E-state index in [-0.39, 0.29) is 0 Å². The first kappa shape index (κ1) is 14.5. The minimum atomic E-state index is 0.493. The first-order valence-electron chi connectivity index (χ1n) is 7.52. The largest absolute Gasteiger partial charge is 0.316 e. The Balaban J connectivity index is 1.90. The first-order chi connectivity index (χ1) is 9.24. The monoisotopic (exact) mass is 261 g/mol. The molecule has 2 rings (SSSR count). The lowest BCUT2D eigenvalue weighted by Crippen LogP contribution is -2.41. The number of rotatable bonds is 7. The highest BCUT2D eigenvalue weighted by molar-refractivity contribution is 5.08. The summed E-state index contributed by atoms with van der Waals surface area (Å²) < 4.78 is 0. The molecule has 1 aliphatic rings. The smallest absolute Gasteiger partial charge is 0.0312 e. The molecule has 0 amide bonds. The third-order valence-corrected chi connectivity index (χ3v) is 4.19. The molecule has 0 bridgehead atoms. The summed E-state index contributed by atoms with van der Waals surface area (Å²) in [4.78, 5) is 6.66. The Hall–Kier alpha value is -0.930. The van der Waals surface area contributed by atoms with E-state index in [0.717, 1.165) is 13.1 Å². The molecule has 3 nitrogen and oxygen atoms in total. The summed E-state index contributed by atoms with van der Waals surface area (Å²) in [6.45, 7) is 6.63. The van der Waals surface area contributed by atoms with Gasteiger partial charge in [0.2, 0.25) is 0 Å². The normalized spacial score (nSPS) is 18.1. The van der Waals surface area contributed by atoms with Crippen LogP contribution in [0.2, 0.25) is 0 Å². The fourth-order valence-corrected chi connectivity index (χ4v) is 3.34. The standard InChI is InChI=1S/C16H27N3/c1-3-17-13-16(8-4-5-9-16)14-19(2)12-15-7-6-10-18-11-15/h6-7,10-11,17H,3-5,8-9,12-14H2,1-2H3. The van der Waals surface area contributed by atoms with Gasteiger partial charge in [-0.25, -0.2) is 0 Å². The van der Waals surface area contributed by atoms with Crippen LogP contribution in [0.15, 0.2) is 24.5 Å². The van der Waals surface area contributed by atoms with Crippen molar-refractivity contribution in [1.29, 1.82) is 0 Å². The van der Waals surface area contributed by atoms with E-state index in [1.807, 2.05) is 18.5 Å². The van der Waals surface area contributed by atoms with Crippen molar-refractivity contribution in [3.8, 4) is 0 Å². The lowest BCUT2D eigenvalue weighted by atomic mass is 9.85. The van der Waals surface area contributed by atoms with Gasteiger partial charge in [-0.1, -0.05) is 25.8 Å². The van der Waals surface area contributed by atoms with Crippen LogP contribution in [0, 0.1) is 5.41 Å². The van der Waals surface area contributed by atoms with Crippen LogP contribution in [-0.4, -0.2) is 36.6 Å². The van der Waals surface area contributed by atoms with Gasteiger partial charge in [-0.05, 0) is 43.5 Å². The maximum atomic E-state index is 4.20. The summed E-state index contributed by atoms with van der Waals surface area (Å²) in [5.41, 5.74) is 1.80. The number of pyridine rings is 1. The molecule has 1 aromatic heterocycles. The summed E-state index contributed by atoms with van der Waals surface area (Å²) >= 11 is 0. The van der Waals surface area contributed by atoms with Crippen molar-refractivity contribution in [3.05, 3.63) is 30.1 Å². The molecule has 0 spiro atoms. The van der Waals surface area contributed by atoms with Gasteiger partial charge in [-0.2, -0.15) is 0 Å². The van der Waals surface area contributed by atoms with Gasteiger partial charge in [0.05, 0.1) is 0 Å². The fraction of sp³-hybridized carbons (Fsp3) is 0.688. The number of nitrogens with zero attached hydrogens (tertiary/aromatic N) is 2. The zero-order valence-electron chi connectivity index (χ0n) is 12.4. The molecule has 0 unspecified atom stereocenters. The van der Waals surface area contributed by atoms with Gasteiger partial charge in [0, 0.05) is 32.0 Å². The fourth-order valence-electron chi connectivity index (χ4n) is 3.34. The highest BCUT2D eigenvalue weighted by Gasteiger charge is 2.34. The third-order valence-electron chi connectivity index (χ3n) is 4.19. The average molecular weight is 261 g/mol. The van der Waals surface area contributed by atoms with Crippen LogP contribution >= 0.6 is 0 Å². The molecule has 106 valence electrons. The van der Waals surface area contributed by atoms with Crippen molar-refractivity contribution in [2.24, 2.45) is 5.41 Å². The van der Waals surface area contributed by atoms with Gasteiger partial charge in [0.1, 0.15) is 0 Å². The summed E-state index contributed by atoms with van der Waals surface area (Å²) in [7, 11) is 2.24. The Kier molecular flexibility index (Phi) is 5.34. The zero-order chi connectivity index (χ0) is 13.6. The maximum absolute atomic E-state index is 4.20. The predicted octanol–water partition coefficient (Wildman–Crippen LogP) is 2.68. The van der Waals surface area contributed by atoms with Crippen LogP contribution in [0.4, 0.5) is 0 Å². The van der Waals surface area contributed by atoms with Gasteiger partial charge in [-0.3, -0.25) is 4.98 Å². The topological polar surface area (TPSA) is 28.2 Å². The van der Waals surface area contributed by atoms with E-state index in [9.17, 15) is 0 Å². The molecular formula is C16H27N3. The molecule has 1 aliphatic carbocycles. The van der Waals surface area contributed by atoms with Crippen molar-refractivity contribution >= 4 is 0 Å². The Labute approximate surface area is 117 Å². The lowest BCUT2D eigenvalue weighted by molar-refractivity contribution is 0.168. The molecule has 0 atom stereocenters. The molecule has 0 radical (unpaired) electrons. The van der Waals surface area contributed by atoms with E-state index in [1.165, 1.54) is 44.3 Å². The van der Waals surface area contributed by atoms with E-state index in [4.69, 9.17) is 0 Å². The van der Waals surface area contributed by atoms with Gasteiger partial charge in [0.15, 0.2) is 0 Å². The summed E-state index contributed by atoms with van der Waals surface area (Å²) in [5, 5.41) is 3.56. The molecular weight excluding hydrogens is 234 g/mol. The van der Waals surface area contributed by atoms with Crippen LogP contribution in [0.25, 0.3) is 0 Å². The van der Waals surface area contributed by atoms with E-state index in [2.05, 4.69) is 35.2 Å². The van der Waals surface area contributed by atoms with E-state index >= 15 is 0 Å². The van der Waals surface area contributed by atoms with Gasteiger partial charge in [0.25, 0.3) is 0 Å². The second kappa shape index (κ2) is 7.01. The second-order valence-electron chi connectivity index (χ2n) is 6.02. The molecule has 0 aliphatic heterocycles. The van der Waals surface area contributed by atoms with Crippen molar-refractivity contribution < 1.29 is 0 Å². The molecule has 1 fully saturated rings. The number of nitrogens with one attached hydrogen (secondary N) is 1. The number of hydrogen-bond acceptors (Lipinski definition) is 3. The second-order valence-corrected chi connectivity index (χ2v) is 6.02. The number of hydrogen-bond donors (Lipinski definition) is 1. The minimum Gasteiger partial charge on any atom is -0.316 e. The predicted molar refractivity (Wildman–Crippen MR) is 80.0 cm³/mol. The van der Waals surface area contributed by atoms with Crippen molar-refractivity contribution in [1.82, 2.24) is 15.2 Å². The van der Waals surface area contributed by atoms with E-state index in [1.54, 1.807) is 0 Å². The van der Waals surface area contributed by atoms with Gasteiger partial charge in [-0.15, -0.1) is 0 Å². The Bertz CT molecular complexity index is 358. The van der Waals surface area contributed by atoms with Crippen molar-refractivity contribution in [2.45, 2.75) is 39.2 Å². The molecule has 0 saturated heterocycles. The highest BCUT2D eigenvalue weighted by Crippen LogP contribution is 2.38. The van der Waals surface area contributed by atoms with Crippen LogP contribution in [0.1, 0.15) is 38.2 Å². The van der Waals surface area contributed by atoms with Crippen molar-refractivity contribution in [3.63, 3.8) is 0 Å². The van der Waals surface area contributed by atoms with Crippen molar-refractivity contribution in [2.75, 3.05) is 26.7 Å². The van der Waals surface area contributed by atoms with Gasteiger partial charge >= 0.3 is 0 Å². The summed E-state index contributed by atoms with van der Waals surface area (Å²) in [5.74, 6) is 0. The Morgan fingerprint density at radius 3 is 2.79 bits per heavy atom. The Morgan fingerprint density at radius 1 is 1.37 bits per heavy atom. The summed E-state index contributed by atoms with van der Waals surface area (Å²) in [6, 6.07) is 4.18. The van der Waals surface area contributed by atoms with Crippen LogP contribution in [-0.2, 0) is 6.54 Å². The van der Waals surface area contributed by atoms with E-state index in [0.29, 0.717) is 5.41 Å². The highest BCUT2D eigenvalue weighted by atomic mass is 15.1. The molecule has 1 heterocycles. The van der Waals surface area contributed by atoms with Crippen LogP contribution in [0.3, 0.4) is 0 Å². The SMILES string of the molecule is CCNCC1(CN(C)Cc2cccnc2)CCCC1. The quantitative estimate of drug-likeness (QED) is 0.818. The molecule has 0 aromatic carbocycles. The first-order valence-corrected chi connectivity index (χ1v) is 7.52. The molecule has 1 aromatic rings. The maximum Gasteiger partial charge on any atom is 0.0312 e. The molecule has 1 saturated carbocycles. The van der Waals surface area contributed by atoms with Gasteiger partial charge < -0.3 is 10.2 Å². The molecule has 1 N–H and O–H groups in total. The molecule has 3 heteroatoms. The van der Waals surface area contributed by atoms with Crippen LogP contribution in [0.5, 0.6) is 0 Å². The molecule has 19 heavy (non-hydrogen) atoms. The summed E-state index contributed by atoms with van der Waals surface area (Å²) in [6.07, 6.45) is 9.35. The average Bonchev–Trinajstić information content (AvgIpc) is 2.86. The lowest BCUT2D eigenvalue weighted by Gasteiger charge is -2.34. The Morgan fingerprint density at radius 2 is 2.16 bits per heavy atom. The zero-order valence-corrected chi connectivity index (χ0v) is 12.4. The third kappa shape index (κ3) is 4.29.